The van der Waals surface area contributed by atoms with E-state index in [1.54, 1.807) is 20.4 Å². The largest absolute Gasteiger partial charge is 0.497 e. The van der Waals surface area contributed by atoms with Gasteiger partial charge in [-0.15, -0.1) is 0 Å². The Bertz CT molecular complexity index is 397. The van der Waals surface area contributed by atoms with E-state index in [2.05, 4.69) is 11.6 Å². The topological polar surface area (TPSA) is 30.8 Å². The van der Waals surface area contributed by atoms with Crippen LogP contribution in [0.15, 0.2) is 35.3 Å². The molecule has 0 fully saturated rings. The number of hydrogen-bond acceptors (Lipinski definition) is 3. The zero-order valence-corrected chi connectivity index (χ0v) is 9.99. The molecule has 0 saturated heterocycles. The third-order valence-electron chi connectivity index (χ3n) is 2.03. The van der Waals surface area contributed by atoms with E-state index in [0.717, 1.165) is 22.6 Å². The molecule has 0 saturated carbocycles. The smallest absolute Gasteiger partial charge is 0.131 e. The van der Waals surface area contributed by atoms with Gasteiger partial charge in [-0.05, 0) is 19.1 Å². The van der Waals surface area contributed by atoms with Gasteiger partial charge in [0.25, 0.3) is 0 Å². The van der Waals surface area contributed by atoms with Crippen LogP contribution < -0.4 is 9.47 Å². The summed E-state index contributed by atoms with van der Waals surface area (Å²) in [6.45, 7) is 6.37. The lowest BCUT2D eigenvalue weighted by molar-refractivity contribution is 0.394. The summed E-state index contributed by atoms with van der Waals surface area (Å²) in [5.74, 6) is 1.53. The van der Waals surface area contributed by atoms with Crippen LogP contribution in [-0.2, 0) is 0 Å². The first-order valence-corrected chi connectivity index (χ1v) is 5.03. The van der Waals surface area contributed by atoms with Crippen LogP contribution in [0, 0.1) is 0 Å². The van der Waals surface area contributed by atoms with Gasteiger partial charge >= 0.3 is 0 Å². The van der Waals surface area contributed by atoms with Gasteiger partial charge in [-0.2, -0.15) is 0 Å². The molecule has 3 heteroatoms. The molecule has 16 heavy (non-hydrogen) atoms. The van der Waals surface area contributed by atoms with Gasteiger partial charge in [-0.25, -0.2) is 0 Å². The fourth-order valence-corrected chi connectivity index (χ4v) is 1.22. The molecule has 0 unspecified atom stereocenters. The quantitative estimate of drug-likeness (QED) is 0.563. The fourth-order valence-electron chi connectivity index (χ4n) is 1.22. The summed E-state index contributed by atoms with van der Waals surface area (Å²) in [6.07, 6.45) is 1.78. The summed E-state index contributed by atoms with van der Waals surface area (Å²) < 4.78 is 10.4. The van der Waals surface area contributed by atoms with E-state index in [0.29, 0.717) is 6.54 Å². The number of hydrogen-bond donors (Lipinski definition) is 0. The minimum Gasteiger partial charge on any atom is -0.497 e. The zero-order valence-electron chi connectivity index (χ0n) is 9.99. The molecule has 86 valence electrons. The van der Waals surface area contributed by atoms with Crippen molar-refractivity contribution in [1.29, 1.82) is 0 Å². The van der Waals surface area contributed by atoms with Crippen molar-refractivity contribution in [3.8, 4) is 11.5 Å². The van der Waals surface area contributed by atoms with Crippen LogP contribution in [0.5, 0.6) is 11.5 Å². The highest BCUT2D eigenvalue weighted by Gasteiger charge is 2.01. The maximum atomic E-state index is 5.25. The van der Waals surface area contributed by atoms with Crippen LogP contribution in [-0.4, -0.2) is 27.0 Å². The molecule has 0 aromatic heterocycles. The van der Waals surface area contributed by atoms with Gasteiger partial charge in [0.2, 0.25) is 0 Å². The van der Waals surface area contributed by atoms with Crippen LogP contribution in [0.3, 0.4) is 0 Å². The molecular formula is C13H17NO2. The average Bonchev–Trinajstić information content (AvgIpc) is 2.29. The first-order valence-electron chi connectivity index (χ1n) is 5.03. The maximum Gasteiger partial charge on any atom is 0.131 e. The number of aliphatic imine (C=N–C) groups is 1. The van der Waals surface area contributed by atoms with Gasteiger partial charge in [0.15, 0.2) is 0 Å². The normalized spacial score (nSPS) is 10.4. The van der Waals surface area contributed by atoms with Crippen molar-refractivity contribution in [2.75, 3.05) is 20.8 Å². The lowest BCUT2D eigenvalue weighted by Crippen LogP contribution is -1.93. The summed E-state index contributed by atoms with van der Waals surface area (Å²) in [4.78, 5) is 4.26. The molecule has 3 nitrogen and oxygen atoms in total. The molecule has 0 spiro atoms. The Kier molecular flexibility index (Phi) is 4.58. The van der Waals surface area contributed by atoms with Crippen LogP contribution in [0.2, 0.25) is 0 Å². The minimum atomic E-state index is 0.634. The monoisotopic (exact) mass is 219 g/mol. The highest BCUT2D eigenvalue weighted by atomic mass is 16.5. The standard InChI is InChI=1S/C13H17NO2/c1-10(2)8-14-9-11-5-6-12(15-3)7-13(11)16-4/h5-7,9H,1,8H2,2-4H3. The highest BCUT2D eigenvalue weighted by molar-refractivity contribution is 5.84. The molecule has 1 aromatic carbocycles. The molecule has 0 aliphatic carbocycles. The second kappa shape index (κ2) is 5.95. The van der Waals surface area contributed by atoms with E-state index in [9.17, 15) is 0 Å². The van der Waals surface area contributed by atoms with Crippen molar-refractivity contribution in [1.82, 2.24) is 0 Å². The Balaban J connectivity index is 2.87. The van der Waals surface area contributed by atoms with E-state index in [1.807, 2.05) is 25.1 Å². The van der Waals surface area contributed by atoms with Gasteiger partial charge in [0.1, 0.15) is 11.5 Å². The van der Waals surface area contributed by atoms with Crippen molar-refractivity contribution in [3.63, 3.8) is 0 Å². The second-order valence-electron chi connectivity index (χ2n) is 3.53. The zero-order chi connectivity index (χ0) is 12.0. The van der Waals surface area contributed by atoms with Crippen LogP contribution in [0.1, 0.15) is 12.5 Å². The van der Waals surface area contributed by atoms with Crippen LogP contribution in [0.4, 0.5) is 0 Å². The third-order valence-corrected chi connectivity index (χ3v) is 2.03. The number of nitrogens with zero attached hydrogens (tertiary/aromatic N) is 1. The molecule has 1 aromatic rings. The fraction of sp³-hybridized carbons (Fsp3) is 0.308. The van der Waals surface area contributed by atoms with Crippen molar-refractivity contribution in [2.45, 2.75) is 6.92 Å². The molecule has 0 atom stereocenters. The lowest BCUT2D eigenvalue weighted by Gasteiger charge is -2.06. The van der Waals surface area contributed by atoms with Gasteiger partial charge in [-0.3, -0.25) is 4.99 Å². The summed E-state index contributed by atoms with van der Waals surface area (Å²) in [6, 6.07) is 5.63. The van der Waals surface area contributed by atoms with Gasteiger partial charge in [0.05, 0.1) is 20.8 Å². The molecule has 0 amide bonds. The summed E-state index contributed by atoms with van der Waals surface area (Å²) in [5, 5.41) is 0. The van der Waals surface area contributed by atoms with E-state index < -0.39 is 0 Å². The van der Waals surface area contributed by atoms with Crippen molar-refractivity contribution < 1.29 is 9.47 Å². The van der Waals surface area contributed by atoms with Crippen molar-refractivity contribution >= 4 is 6.21 Å². The van der Waals surface area contributed by atoms with E-state index in [1.165, 1.54) is 0 Å². The molecule has 0 aliphatic heterocycles. The predicted molar refractivity (Wildman–Crippen MR) is 66.8 cm³/mol. The second-order valence-corrected chi connectivity index (χ2v) is 3.53. The summed E-state index contributed by atoms with van der Waals surface area (Å²) in [7, 11) is 3.26. The van der Waals surface area contributed by atoms with E-state index in [4.69, 9.17) is 9.47 Å². The molecule has 0 N–H and O–H groups in total. The Morgan fingerprint density at radius 3 is 2.69 bits per heavy atom. The maximum absolute atomic E-state index is 5.25. The Hall–Kier alpha value is -1.77. The van der Waals surface area contributed by atoms with E-state index in [-0.39, 0.29) is 0 Å². The van der Waals surface area contributed by atoms with Crippen LogP contribution in [0.25, 0.3) is 0 Å². The van der Waals surface area contributed by atoms with Gasteiger partial charge in [-0.1, -0.05) is 12.2 Å². The minimum absolute atomic E-state index is 0.634. The number of methoxy groups -OCH3 is 2. The average molecular weight is 219 g/mol. The highest BCUT2D eigenvalue weighted by Crippen LogP contribution is 2.23. The van der Waals surface area contributed by atoms with Crippen molar-refractivity contribution in [3.05, 3.63) is 35.9 Å². The summed E-state index contributed by atoms with van der Waals surface area (Å²) >= 11 is 0. The van der Waals surface area contributed by atoms with Gasteiger partial charge < -0.3 is 9.47 Å². The predicted octanol–water partition coefficient (Wildman–Crippen LogP) is 2.70. The van der Waals surface area contributed by atoms with Gasteiger partial charge in [0, 0.05) is 17.8 Å². The van der Waals surface area contributed by atoms with Crippen molar-refractivity contribution in [2.24, 2.45) is 4.99 Å². The SMILES string of the molecule is C=C(C)CN=Cc1ccc(OC)cc1OC. The molecule has 0 heterocycles. The number of rotatable bonds is 5. The van der Waals surface area contributed by atoms with Crippen LogP contribution >= 0.6 is 0 Å². The Morgan fingerprint density at radius 1 is 1.38 bits per heavy atom. The molecular weight excluding hydrogens is 202 g/mol. The summed E-state index contributed by atoms with van der Waals surface area (Å²) in [5.41, 5.74) is 1.97. The first kappa shape index (κ1) is 12.3. The Labute approximate surface area is 96.4 Å². The number of benzene rings is 1. The third kappa shape index (κ3) is 3.42. The number of ether oxygens (including phenoxy) is 2. The molecule has 0 bridgehead atoms. The molecule has 0 radical (unpaired) electrons. The lowest BCUT2D eigenvalue weighted by atomic mass is 10.2. The Morgan fingerprint density at radius 2 is 2.12 bits per heavy atom. The first-order chi connectivity index (χ1) is 7.67. The molecule has 0 aliphatic rings. The van der Waals surface area contributed by atoms with E-state index >= 15 is 0 Å². The molecule has 1 rings (SSSR count).